The highest BCUT2D eigenvalue weighted by Crippen LogP contribution is 2.25. The molecule has 0 aromatic carbocycles. The number of nitrogens with one attached hydrogen (secondary N) is 1. The molecular formula is C26H50N4O4. The molecule has 0 aliphatic carbocycles. The Labute approximate surface area is 207 Å². The molecule has 2 rings (SSSR count). The van der Waals surface area contributed by atoms with E-state index in [4.69, 9.17) is 4.79 Å². The Balaban J connectivity index is 0.00000133. The number of hydrogen-bond acceptors (Lipinski definition) is 6. The van der Waals surface area contributed by atoms with Crippen LogP contribution in [-0.2, 0) is 19.1 Å². The molecule has 0 radical (unpaired) electrons. The Morgan fingerprint density at radius 3 is 2.12 bits per heavy atom. The fourth-order valence-electron chi connectivity index (χ4n) is 4.85. The number of nitrogens with zero attached hydrogens (tertiary/aromatic N) is 3. The molecule has 0 aromatic rings. The quantitative estimate of drug-likeness (QED) is 0.536. The summed E-state index contributed by atoms with van der Waals surface area (Å²) in [6.45, 7) is 15.0. The molecule has 198 valence electrons. The van der Waals surface area contributed by atoms with E-state index in [1.807, 2.05) is 39.8 Å². The summed E-state index contributed by atoms with van der Waals surface area (Å²) in [5, 5.41) is 3.15. The van der Waals surface area contributed by atoms with Crippen LogP contribution in [0.2, 0.25) is 0 Å². The number of ether oxygens (including phenoxy) is 1. The topological polar surface area (TPSA) is 82.2 Å². The van der Waals surface area contributed by atoms with Gasteiger partial charge in [0, 0.05) is 19.6 Å². The minimum absolute atomic E-state index is 0.00370. The molecule has 8 heteroatoms. The van der Waals surface area contributed by atoms with Crippen molar-refractivity contribution in [1.82, 2.24) is 20.0 Å². The molecule has 34 heavy (non-hydrogen) atoms. The first-order chi connectivity index (χ1) is 15.9. The van der Waals surface area contributed by atoms with Crippen molar-refractivity contribution >= 4 is 18.3 Å². The lowest BCUT2D eigenvalue weighted by atomic mass is 9.84. The standard InChI is InChI=1S/C24H46N4O2.C2H4O2/c1-18(2)20(17-28-15-10-8-11-16-28)27(7)23(30)21(24(3,4)5)25-22(29)19-13-9-12-14-26(19)6;1-4-2-3/h18-21H,8-17H2,1-7H3,(H,25,29);2H,1H3/t19-,20-,21-;/m1./s1. The SMILES string of the molecule is CC(C)[C@@H](CN1CCCCC1)N(C)C(=O)[C@@H](NC(=O)[C@H]1CCCCN1C)C(C)(C)C.COC=O. The van der Waals surface area contributed by atoms with Gasteiger partial charge in [0.1, 0.15) is 6.04 Å². The number of carbonyl (C=O) groups excluding carboxylic acids is 3. The second-order valence-electron chi connectivity index (χ2n) is 11.3. The summed E-state index contributed by atoms with van der Waals surface area (Å²) in [7, 11) is 5.25. The molecule has 0 aromatic heterocycles. The van der Waals surface area contributed by atoms with Gasteiger partial charge in [0.15, 0.2) is 0 Å². The summed E-state index contributed by atoms with van der Waals surface area (Å²) in [5.74, 6) is 0.391. The van der Waals surface area contributed by atoms with E-state index in [1.54, 1.807) is 0 Å². The maximum Gasteiger partial charge on any atom is 0.292 e. The second-order valence-corrected chi connectivity index (χ2v) is 11.3. The van der Waals surface area contributed by atoms with Crippen LogP contribution in [0.5, 0.6) is 0 Å². The van der Waals surface area contributed by atoms with Gasteiger partial charge < -0.3 is 19.9 Å². The third kappa shape index (κ3) is 9.53. The van der Waals surface area contributed by atoms with E-state index in [0.29, 0.717) is 12.4 Å². The Morgan fingerprint density at radius 1 is 1.09 bits per heavy atom. The van der Waals surface area contributed by atoms with E-state index in [9.17, 15) is 9.59 Å². The largest absolute Gasteiger partial charge is 0.471 e. The van der Waals surface area contributed by atoms with E-state index >= 15 is 0 Å². The number of rotatable bonds is 8. The Bertz CT molecular complexity index is 629. The predicted octanol–water partition coefficient (Wildman–Crippen LogP) is 2.76. The fraction of sp³-hybridized carbons (Fsp3) is 0.885. The van der Waals surface area contributed by atoms with Crippen LogP contribution in [0.25, 0.3) is 0 Å². The van der Waals surface area contributed by atoms with Crippen molar-refractivity contribution in [3.63, 3.8) is 0 Å². The maximum absolute atomic E-state index is 13.7. The first-order valence-corrected chi connectivity index (χ1v) is 12.9. The normalized spacial score (nSPS) is 21.6. The van der Waals surface area contributed by atoms with Gasteiger partial charge in [-0.2, -0.15) is 0 Å². The van der Waals surface area contributed by atoms with E-state index in [1.165, 1.54) is 26.4 Å². The van der Waals surface area contributed by atoms with E-state index in [0.717, 1.165) is 45.4 Å². The smallest absolute Gasteiger partial charge is 0.292 e. The number of amides is 2. The number of methoxy groups -OCH3 is 1. The number of likely N-dealkylation sites (tertiary alicyclic amines) is 2. The van der Waals surface area contributed by atoms with Crippen LogP contribution >= 0.6 is 0 Å². The van der Waals surface area contributed by atoms with Crippen LogP contribution in [0.4, 0.5) is 0 Å². The van der Waals surface area contributed by atoms with Gasteiger partial charge in [-0.25, -0.2) is 0 Å². The lowest BCUT2D eigenvalue weighted by Gasteiger charge is -2.41. The summed E-state index contributed by atoms with van der Waals surface area (Å²) < 4.78 is 3.86. The van der Waals surface area contributed by atoms with Gasteiger partial charge in [-0.1, -0.05) is 47.5 Å². The van der Waals surface area contributed by atoms with Crippen molar-refractivity contribution in [1.29, 1.82) is 0 Å². The Morgan fingerprint density at radius 2 is 1.65 bits per heavy atom. The molecule has 8 nitrogen and oxygen atoms in total. The lowest BCUT2D eigenvalue weighted by molar-refractivity contribution is -0.142. The number of piperidine rings is 2. The molecule has 2 saturated heterocycles. The molecule has 0 unspecified atom stereocenters. The first-order valence-electron chi connectivity index (χ1n) is 12.9. The van der Waals surface area contributed by atoms with Gasteiger partial charge >= 0.3 is 0 Å². The summed E-state index contributed by atoms with van der Waals surface area (Å²) in [5.41, 5.74) is -0.346. The predicted molar refractivity (Wildman–Crippen MR) is 136 cm³/mol. The summed E-state index contributed by atoms with van der Waals surface area (Å²) in [6, 6.07) is -0.501. The maximum atomic E-state index is 13.7. The Hall–Kier alpha value is -1.67. The first kappa shape index (κ1) is 30.4. The highest BCUT2D eigenvalue weighted by Gasteiger charge is 2.39. The van der Waals surface area contributed by atoms with Crippen LogP contribution in [0.3, 0.4) is 0 Å². The van der Waals surface area contributed by atoms with Crippen LogP contribution in [0.15, 0.2) is 0 Å². The van der Waals surface area contributed by atoms with Crippen LogP contribution in [0, 0.1) is 11.3 Å². The minimum atomic E-state index is -0.520. The molecule has 1 N–H and O–H groups in total. The zero-order chi connectivity index (χ0) is 25.9. The minimum Gasteiger partial charge on any atom is -0.471 e. The number of hydrogen-bond donors (Lipinski definition) is 1. The average molecular weight is 483 g/mol. The second kappa shape index (κ2) is 14.7. The summed E-state index contributed by atoms with van der Waals surface area (Å²) >= 11 is 0. The molecule has 2 aliphatic heterocycles. The van der Waals surface area contributed by atoms with E-state index in [2.05, 4.69) is 33.7 Å². The molecule has 3 atom stereocenters. The molecule has 2 aliphatic rings. The van der Waals surface area contributed by atoms with E-state index in [-0.39, 0.29) is 29.3 Å². The number of carbonyl (C=O) groups is 3. The zero-order valence-electron chi connectivity index (χ0n) is 22.9. The lowest BCUT2D eigenvalue weighted by Crippen LogP contribution is -2.60. The van der Waals surface area contributed by atoms with Gasteiger partial charge in [0.2, 0.25) is 11.8 Å². The van der Waals surface area contributed by atoms with Gasteiger partial charge in [-0.15, -0.1) is 0 Å². The zero-order valence-corrected chi connectivity index (χ0v) is 22.9. The number of likely N-dealkylation sites (N-methyl/N-ethyl adjacent to an activating group) is 2. The van der Waals surface area contributed by atoms with Crippen molar-refractivity contribution < 1.29 is 19.1 Å². The van der Waals surface area contributed by atoms with Crippen LogP contribution in [0.1, 0.15) is 73.1 Å². The fourth-order valence-corrected chi connectivity index (χ4v) is 4.85. The molecule has 2 amide bonds. The molecule has 0 spiro atoms. The van der Waals surface area contributed by atoms with Crippen molar-refractivity contribution in [2.45, 2.75) is 91.3 Å². The van der Waals surface area contributed by atoms with Crippen LogP contribution in [-0.4, -0.2) is 98.5 Å². The van der Waals surface area contributed by atoms with Crippen molar-refractivity contribution in [3.8, 4) is 0 Å². The molecule has 2 heterocycles. The highest BCUT2D eigenvalue weighted by molar-refractivity contribution is 5.90. The average Bonchev–Trinajstić information content (AvgIpc) is 2.80. The van der Waals surface area contributed by atoms with Gasteiger partial charge in [-0.05, 0) is 63.7 Å². The molecule has 0 bridgehead atoms. The molecule has 2 fully saturated rings. The molecule has 0 saturated carbocycles. The Kier molecular flexibility index (Phi) is 13.1. The third-order valence-corrected chi connectivity index (χ3v) is 7.08. The van der Waals surface area contributed by atoms with E-state index < -0.39 is 6.04 Å². The monoisotopic (exact) mass is 482 g/mol. The van der Waals surface area contributed by atoms with Crippen LogP contribution < -0.4 is 5.32 Å². The van der Waals surface area contributed by atoms with Crippen molar-refractivity contribution in [2.24, 2.45) is 11.3 Å². The summed E-state index contributed by atoms with van der Waals surface area (Å²) in [4.78, 5) is 42.2. The molecular weight excluding hydrogens is 432 g/mol. The van der Waals surface area contributed by atoms with Gasteiger partial charge in [0.05, 0.1) is 13.2 Å². The summed E-state index contributed by atoms with van der Waals surface area (Å²) in [6.07, 6.45) is 6.88. The van der Waals surface area contributed by atoms with Crippen molar-refractivity contribution in [3.05, 3.63) is 0 Å². The van der Waals surface area contributed by atoms with Gasteiger partial charge in [0.25, 0.3) is 6.47 Å². The third-order valence-electron chi connectivity index (χ3n) is 7.08. The highest BCUT2D eigenvalue weighted by atomic mass is 16.5. The van der Waals surface area contributed by atoms with Crippen molar-refractivity contribution in [2.75, 3.05) is 47.4 Å². The van der Waals surface area contributed by atoms with Gasteiger partial charge in [-0.3, -0.25) is 19.3 Å².